The number of carbonyl (C=O) groups excluding carboxylic acids is 1. The lowest BCUT2D eigenvalue weighted by molar-refractivity contribution is -0.141. The van der Waals surface area contributed by atoms with Crippen LogP contribution in [0.15, 0.2) is 52.9 Å². The van der Waals surface area contributed by atoms with E-state index in [1.54, 1.807) is 0 Å². The molecule has 3 atom stereocenters. The first kappa shape index (κ1) is 22.0. The molecule has 3 unspecified atom stereocenters. The van der Waals surface area contributed by atoms with Crippen LogP contribution in [0.25, 0.3) is 0 Å². The van der Waals surface area contributed by atoms with Gasteiger partial charge in [0.25, 0.3) is 0 Å². The molecule has 2 aliphatic heterocycles. The fourth-order valence-corrected chi connectivity index (χ4v) is 4.94. The van der Waals surface area contributed by atoms with E-state index >= 15 is 0 Å². The number of hydrazine groups is 1. The van der Waals surface area contributed by atoms with Crippen molar-refractivity contribution in [1.82, 2.24) is 15.3 Å². The van der Waals surface area contributed by atoms with E-state index in [0.29, 0.717) is 23.6 Å². The van der Waals surface area contributed by atoms with Crippen LogP contribution in [0.3, 0.4) is 0 Å². The number of hydrogen-bond donors (Lipinski definition) is 1. The summed E-state index contributed by atoms with van der Waals surface area (Å²) in [5, 5.41) is 1.54. The summed E-state index contributed by atoms with van der Waals surface area (Å²) >= 11 is 6.03. The van der Waals surface area contributed by atoms with Gasteiger partial charge in [0.15, 0.2) is 0 Å². The predicted octanol–water partition coefficient (Wildman–Crippen LogP) is 3.02. The molecule has 0 spiro atoms. The number of hydrogen-bond acceptors (Lipinski definition) is 5. The zero-order valence-electron chi connectivity index (χ0n) is 15.9. The summed E-state index contributed by atoms with van der Waals surface area (Å²) in [5.41, 5.74) is 2.46. The molecule has 1 fully saturated rings. The van der Waals surface area contributed by atoms with Crippen molar-refractivity contribution in [2.45, 2.75) is 24.8 Å². The van der Waals surface area contributed by atoms with Gasteiger partial charge in [0, 0.05) is 40.7 Å². The normalized spacial score (nSPS) is 26.6. The maximum atomic E-state index is 14.1. The van der Waals surface area contributed by atoms with Crippen LogP contribution in [0.5, 0.6) is 0 Å². The van der Waals surface area contributed by atoms with E-state index in [-0.39, 0.29) is 28.9 Å². The first-order valence-electron chi connectivity index (χ1n) is 9.29. The number of nitrogens with one attached hydrogen (secondary N) is 1. The number of amides is 1. The molecule has 4 rings (SSSR count). The van der Waals surface area contributed by atoms with Crippen LogP contribution in [-0.2, 0) is 21.8 Å². The van der Waals surface area contributed by atoms with Gasteiger partial charge >= 0.3 is 6.18 Å². The van der Waals surface area contributed by atoms with Crippen molar-refractivity contribution in [3.63, 3.8) is 0 Å². The van der Waals surface area contributed by atoms with Gasteiger partial charge in [0.05, 0.1) is 17.3 Å². The molecule has 1 aromatic heterocycles. The van der Waals surface area contributed by atoms with Crippen molar-refractivity contribution in [3.05, 3.63) is 58.6 Å². The summed E-state index contributed by atoms with van der Waals surface area (Å²) in [4.78, 5) is 17.7. The average molecular weight is 477 g/mol. The lowest BCUT2D eigenvalue weighted by Crippen LogP contribution is -2.47. The van der Waals surface area contributed by atoms with E-state index in [1.165, 1.54) is 34.2 Å². The molecule has 1 aliphatic carbocycles. The molecule has 0 aromatic carbocycles. The minimum atomic E-state index is -4.66. The Bertz CT molecular complexity index is 1030. The first-order chi connectivity index (χ1) is 14.6. The van der Waals surface area contributed by atoms with Crippen LogP contribution in [0, 0.1) is 0 Å². The number of aromatic nitrogens is 1. The SMILES string of the molecule is O=C(C1C=C(C2=CC(F)CC(Cl)=C2)N(c2ccnc(C(F)(F)F)c2)N1)N1CCS(=O)C1. The molecular weight excluding hydrogens is 460 g/mol. The molecule has 0 saturated carbocycles. The molecule has 12 heteroatoms. The van der Waals surface area contributed by atoms with Gasteiger partial charge < -0.3 is 4.90 Å². The van der Waals surface area contributed by atoms with E-state index in [2.05, 4.69) is 10.4 Å². The van der Waals surface area contributed by atoms with E-state index < -0.39 is 34.9 Å². The van der Waals surface area contributed by atoms with Gasteiger partial charge in [-0.3, -0.25) is 19.0 Å². The molecule has 1 amide bonds. The van der Waals surface area contributed by atoms with Crippen molar-refractivity contribution in [2.75, 3.05) is 23.2 Å². The quantitative estimate of drug-likeness (QED) is 0.679. The number of halogens is 5. The van der Waals surface area contributed by atoms with Gasteiger partial charge in [0.2, 0.25) is 5.91 Å². The molecule has 3 heterocycles. The summed E-state index contributed by atoms with van der Waals surface area (Å²) < 4.78 is 65.2. The molecule has 3 aliphatic rings. The first-order valence-corrected chi connectivity index (χ1v) is 11.2. The Labute approximate surface area is 182 Å². The topological polar surface area (TPSA) is 65.5 Å². The third kappa shape index (κ3) is 4.68. The summed E-state index contributed by atoms with van der Waals surface area (Å²) in [7, 11) is -1.13. The van der Waals surface area contributed by atoms with Crippen molar-refractivity contribution < 1.29 is 26.6 Å². The molecule has 166 valence electrons. The van der Waals surface area contributed by atoms with E-state index in [9.17, 15) is 26.6 Å². The van der Waals surface area contributed by atoms with Gasteiger partial charge in [-0.2, -0.15) is 13.2 Å². The Hall–Kier alpha value is -2.24. The number of carbonyl (C=O) groups is 1. The smallest absolute Gasteiger partial charge is 0.328 e. The van der Waals surface area contributed by atoms with Crippen molar-refractivity contribution in [3.8, 4) is 0 Å². The number of nitrogens with zero attached hydrogens (tertiary/aromatic N) is 3. The fourth-order valence-electron chi connectivity index (χ4n) is 3.52. The van der Waals surface area contributed by atoms with Crippen LogP contribution in [0.1, 0.15) is 12.1 Å². The number of anilines is 1. The minimum Gasteiger partial charge on any atom is -0.328 e. The minimum absolute atomic E-state index is 0.00118. The number of alkyl halides is 4. The summed E-state index contributed by atoms with van der Waals surface area (Å²) in [6, 6.07) is 1.25. The van der Waals surface area contributed by atoms with E-state index in [0.717, 1.165) is 12.3 Å². The summed E-state index contributed by atoms with van der Waals surface area (Å²) in [5.74, 6) is 0.0823. The summed E-state index contributed by atoms with van der Waals surface area (Å²) in [6.07, 6.45) is -0.701. The van der Waals surface area contributed by atoms with Crippen molar-refractivity contribution >= 4 is 34.0 Å². The number of pyridine rings is 1. The molecule has 0 radical (unpaired) electrons. The van der Waals surface area contributed by atoms with Crippen LogP contribution in [0.4, 0.5) is 23.2 Å². The third-order valence-electron chi connectivity index (χ3n) is 4.95. The second-order valence-electron chi connectivity index (χ2n) is 7.20. The molecule has 0 bridgehead atoms. The Morgan fingerprint density at radius 1 is 1.32 bits per heavy atom. The summed E-state index contributed by atoms with van der Waals surface area (Å²) in [6.45, 7) is 0.321. The Balaban J connectivity index is 1.71. The van der Waals surface area contributed by atoms with Crippen LogP contribution >= 0.6 is 11.6 Å². The van der Waals surface area contributed by atoms with Crippen molar-refractivity contribution in [1.29, 1.82) is 0 Å². The standard InChI is InChI=1S/C19H17ClF4N4O2S/c20-12-5-11(6-13(21)7-12)16-9-15(18(29)27-3-4-31(30)10-27)26-28(16)14-1-2-25-17(8-14)19(22,23)24/h1-2,5-6,8-9,13,15,26H,3-4,7,10H2. The molecular formula is C19H17ClF4N4O2S. The van der Waals surface area contributed by atoms with Crippen molar-refractivity contribution in [2.24, 2.45) is 0 Å². The Morgan fingerprint density at radius 3 is 2.74 bits per heavy atom. The third-order valence-corrected chi connectivity index (χ3v) is 6.45. The van der Waals surface area contributed by atoms with E-state index in [4.69, 9.17) is 11.6 Å². The lowest BCUT2D eigenvalue weighted by atomic mass is 10.0. The second kappa shape index (κ2) is 8.36. The maximum Gasteiger partial charge on any atom is 0.433 e. The highest BCUT2D eigenvalue weighted by atomic mass is 35.5. The molecule has 1 saturated heterocycles. The highest BCUT2D eigenvalue weighted by Gasteiger charge is 2.37. The zero-order chi connectivity index (χ0) is 22.3. The van der Waals surface area contributed by atoms with Gasteiger partial charge in [-0.1, -0.05) is 11.6 Å². The molecule has 1 N–H and O–H groups in total. The van der Waals surface area contributed by atoms with Crippen LogP contribution in [0.2, 0.25) is 0 Å². The maximum absolute atomic E-state index is 14.1. The monoisotopic (exact) mass is 476 g/mol. The molecule has 31 heavy (non-hydrogen) atoms. The van der Waals surface area contributed by atoms with Gasteiger partial charge in [-0.05, 0) is 35.9 Å². The second-order valence-corrected chi connectivity index (χ2v) is 9.23. The molecule has 1 aromatic rings. The Kier molecular flexibility index (Phi) is 5.93. The highest BCUT2D eigenvalue weighted by molar-refractivity contribution is 7.85. The average Bonchev–Trinajstić information content (AvgIpc) is 3.33. The van der Waals surface area contributed by atoms with Gasteiger partial charge in [-0.25, -0.2) is 9.82 Å². The fraction of sp³-hybridized carbons (Fsp3) is 0.368. The number of rotatable bonds is 3. The van der Waals surface area contributed by atoms with Gasteiger partial charge in [-0.15, -0.1) is 0 Å². The van der Waals surface area contributed by atoms with E-state index in [1.807, 2.05) is 0 Å². The van der Waals surface area contributed by atoms with Crippen LogP contribution in [-0.4, -0.2) is 50.4 Å². The highest BCUT2D eigenvalue weighted by Crippen LogP contribution is 2.35. The molecule has 6 nitrogen and oxygen atoms in total. The van der Waals surface area contributed by atoms with Crippen LogP contribution < -0.4 is 10.4 Å². The predicted molar refractivity (Wildman–Crippen MR) is 108 cm³/mol. The number of allylic oxidation sites excluding steroid dienone is 3. The van der Waals surface area contributed by atoms with Gasteiger partial charge in [0.1, 0.15) is 17.9 Å². The Morgan fingerprint density at radius 2 is 2.10 bits per heavy atom. The largest absolute Gasteiger partial charge is 0.433 e. The lowest BCUT2D eigenvalue weighted by Gasteiger charge is -2.27. The zero-order valence-corrected chi connectivity index (χ0v) is 17.5.